The predicted molar refractivity (Wildman–Crippen MR) is 88.1 cm³/mol. The van der Waals surface area contributed by atoms with Crippen LogP contribution < -0.4 is 0 Å². The molecular formula is C19H22N2O. The number of hydrogen-bond donors (Lipinski definition) is 0. The van der Waals surface area contributed by atoms with Crippen LogP contribution in [0.1, 0.15) is 32.4 Å². The van der Waals surface area contributed by atoms with Crippen molar-refractivity contribution in [2.45, 2.75) is 33.2 Å². The van der Waals surface area contributed by atoms with E-state index in [4.69, 9.17) is 0 Å². The van der Waals surface area contributed by atoms with Crippen molar-refractivity contribution in [3.05, 3.63) is 54.4 Å². The molecule has 1 fully saturated rings. The van der Waals surface area contributed by atoms with E-state index < -0.39 is 0 Å². The minimum atomic E-state index is 0.206. The number of piperidine rings is 1. The molecule has 1 aromatic carbocycles. The maximum atomic E-state index is 12.1. The van der Waals surface area contributed by atoms with Crippen molar-refractivity contribution < 1.29 is 4.79 Å². The number of pyridine rings is 1. The highest BCUT2D eigenvalue weighted by molar-refractivity contribution is 5.77. The van der Waals surface area contributed by atoms with Crippen LogP contribution in [0.4, 0.5) is 0 Å². The predicted octanol–water partition coefficient (Wildman–Crippen LogP) is 3.90. The Hall–Kier alpha value is -2.16. The molecule has 0 radical (unpaired) electrons. The van der Waals surface area contributed by atoms with E-state index in [0.717, 1.165) is 29.8 Å². The molecule has 0 unspecified atom stereocenters. The van der Waals surface area contributed by atoms with Gasteiger partial charge in [0.2, 0.25) is 5.91 Å². The second kappa shape index (κ2) is 5.91. The molecule has 0 N–H and O–H groups in total. The van der Waals surface area contributed by atoms with Crippen molar-refractivity contribution in [1.29, 1.82) is 0 Å². The van der Waals surface area contributed by atoms with Crippen LogP contribution in [0.15, 0.2) is 48.7 Å². The summed E-state index contributed by atoms with van der Waals surface area (Å²) in [5.74, 6) is 0.244. The van der Waals surface area contributed by atoms with Gasteiger partial charge in [0, 0.05) is 24.7 Å². The van der Waals surface area contributed by atoms with Gasteiger partial charge >= 0.3 is 0 Å². The minimum absolute atomic E-state index is 0.206. The second-order valence-electron chi connectivity index (χ2n) is 6.82. The largest absolute Gasteiger partial charge is 0.336 e. The first-order valence-electron chi connectivity index (χ1n) is 7.82. The Morgan fingerprint density at radius 1 is 1.09 bits per heavy atom. The fraction of sp³-hybridized carbons (Fsp3) is 0.368. The summed E-state index contributed by atoms with van der Waals surface area (Å²) < 4.78 is 0. The highest BCUT2D eigenvalue weighted by atomic mass is 16.2. The molecule has 22 heavy (non-hydrogen) atoms. The quantitative estimate of drug-likeness (QED) is 0.860. The highest BCUT2D eigenvalue weighted by Gasteiger charge is 2.31. The molecule has 3 rings (SSSR count). The molecule has 2 heterocycles. The van der Waals surface area contributed by atoms with Crippen LogP contribution in [-0.2, 0) is 11.3 Å². The van der Waals surface area contributed by atoms with E-state index >= 15 is 0 Å². The molecule has 1 aromatic heterocycles. The Bertz CT molecular complexity index is 647. The van der Waals surface area contributed by atoms with Gasteiger partial charge < -0.3 is 4.90 Å². The van der Waals surface area contributed by atoms with Gasteiger partial charge in [-0.05, 0) is 23.5 Å². The van der Waals surface area contributed by atoms with Crippen LogP contribution in [0.2, 0.25) is 0 Å². The van der Waals surface area contributed by atoms with Crippen LogP contribution in [0.3, 0.4) is 0 Å². The van der Waals surface area contributed by atoms with Gasteiger partial charge in [0.05, 0.1) is 12.2 Å². The third-order valence-electron chi connectivity index (χ3n) is 4.27. The van der Waals surface area contributed by atoms with E-state index in [0.29, 0.717) is 13.0 Å². The van der Waals surface area contributed by atoms with Crippen molar-refractivity contribution in [2.24, 2.45) is 5.41 Å². The third-order valence-corrected chi connectivity index (χ3v) is 4.27. The normalized spacial score (nSPS) is 17.5. The number of hydrogen-bond acceptors (Lipinski definition) is 2. The first-order chi connectivity index (χ1) is 10.5. The number of likely N-dealkylation sites (tertiary alicyclic amines) is 1. The molecule has 1 amide bonds. The molecular weight excluding hydrogens is 272 g/mol. The molecule has 0 aliphatic carbocycles. The third kappa shape index (κ3) is 3.35. The highest BCUT2D eigenvalue weighted by Crippen LogP contribution is 2.30. The topological polar surface area (TPSA) is 33.2 Å². The van der Waals surface area contributed by atoms with Crippen LogP contribution in [0.5, 0.6) is 0 Å². The molecule has 0 bridgehead atoms. The fourth-order valence-electron chi connectivity index (χ4n) is 2.95. The summed E-state index contributed by atoms with van der Waals surface area (Å²) in [7, 11) is 0. The minimum Gasteiger partial charge on any atom is -0.336 e. The number of nitrogens with zero attached hydrogens (tertiary/aromatic N) is 2. The van der Waals surface area contributed by atoms with Gasteiger partial charge in [-0.15, -0.1) is 0 Å². The van der Waals surface area contributed by atoms with Gasteiger partial charge in [-0.2, -0.15) is 0 Å². The lowest BCUT2D eigenvalue weighted by Gasteiger charge is -2.37. The lowest BCUT2D eigenvalue weighted by Crippen LogP contribution is -2.43. The van der Waals surface area contributed by atoms with Crippen LogP contribution in [0.25, 0.3) is 11.1 Å². The van der Waals surface area contributed by atoms with E-state index in [-0.39, 0.29) is 11.3 Å². The maximum Gasteiger partial charge on any atom is 0.222 e. The molecule has 114 valence electrons. The first kappa shape index (κ1) is 14.8. The van der Waals surface area contributed by atoms with Gasteiger partial charge in [0.25, 0.3) is 0 Å². The smallest absolute Gasteiger partial charge is 0.222 e. The molecule has 2 aromatic rings. The summed E-state index contributed by atoms with van der Waals surface area (Å²) in [6.07, 6.45) is 3.52. The Balaban J connectivity index is 1.72. The van der Waals surface area contributed by atoms with Gasteiger partial charge in [-0.3, -0.25) is 9.78 Å². The number of benzene rings is 1. The van der Waals surface area contributed by atoms with Crippen molar-refractivity contribution in [3.8, 4) is 11.1 Å². The van der Waals surface area contributed by atoms with Crippen molar-refractivity contribution >= 4 is 5.91 Å². The average molecular weight is 294 g/mol. The lowest BCUT2D eigenvalue weighted by atomic mass is 9.84. The zero-order valence-electron chi connectivity index (χ0n) is 13.2. The van der Waals surface area contributed by atoms with Gasteiger partial charge in [0.15, 0.2) is 0 Å². The standard InChI is InChI=1S/C19H22N2O/c1-19(2)11-10-18(22)21(14-19)13-17-9-8-16(12-20-17)15-6-4-3-5-7-15/h3-9,12H,10-11,13-14H2,1-2H3. The van der Waals surface area contributed by atoms with E-state index in [1.807, 2.05) is 35.4 Å². The van der Waals surface area contributed by atoms with Crippen LogP contribution >= 0.6 is 0 Å². The lowest BCUT2D eigenvalue weighted by molar-refractivity contribution is -0.137. The van der Waals surface area contributed by atoms with Gasteiger partial charge in [0.1, 0.15) is 0 Å². The first-order valence-corrected chi connectivity index (χ1v) is 7.82. The molecule has 1 saturated heterocycles. The van der Waals surface area contributed by atoms with Gasteiger partial charge in [-0.25, -0.2) is 0 Å². The molecule has 0 atom stereocenters. The number of amides is 1. The van der Waals surface area contributed by atoms with Gasteiger partial charge in [-0.1, -0.05) is 50.2 Å². The molecule has 1 aliphatic rings. The Kier molecular flexibility index (Phi) is 3.97. The number of aromatic nitrogens is 1. The Labute approximate surface area is 132 Å². The van der Waals surface area contributed by atoms with Crippen molar-refractivity contribution in [3.63, 3.8) is 0 Å². The fourth-order valence-corrected chi connectivity index (χ4v) is 2.95. The van der Waals surface area contributed by atoms with E-state index in [9.17, 15) is 4.79 Å². The Morgan fingerprint density at radius 2 is 1.86 bits per heavy atom. The average Bonchev–Trinajstić information content (AvgIpc) is 2.52. The summed E-state index contributed by atoms with van der Waals surface area (Å²) in [4.78, 5) is 18.5. The summed E-state index contributed by atoms with van der Waals surface area (Å²) in [5, 5.41) is 0. The molecule has 1 aliphatic heterocycles. The zero-order valence-corrected chi connectivity index (χ0v) is 13.2. The molecule has 3 nitrogen and oxygen atoms in total. The maximum absolute atomic E-state index is 12.1. The van der Waals surface area contributed by atoms with E-state index in [1.165, 1.54) is 0 Å². The summed E-state index contributed by atoms with van der Waals surface area (Å²) in [6.45, 7) is 5.86. The molecule has 3 heteroatoms. The van der Waals surface area contributed by atoms with E-state index in [2.05, 4.69) is 37.0 Å². The molecule has 0 saturated carbocycles. The van der Waals surface area contributed by atoms with Crippen LogP contribution in [0, 0.1) is 5.41 Å². The second-order valence-corrected chi connectivity index (χ2v) is 6.82. The number of carbonyl (C=O) groups excluding carboxylic acids is 1. The monoisotopic (exact) mass is 294 g/mol. The number of rotatable bonds is 3. The van der Waals surface area contributed by atoms with Crippen LogP contribution in [-0.4, -0.2) is 22.3 Å². The van der Waals surface area contributed by atoms with E-state index in [1.54, 1.807) is 0 Å². The SMILES string of the molecule is CC1(C)CCC(=O)N(Cc2ccc(-c3ccccc3)cn2)C1. The zero-order chi connectivity index (χ0) is 15.6. The summed E-state index contributed by atoms with van der Waals surface area (Å²) in [5.41, 5.74) is 3.43. The Morgan fingerprint density at radius 3 is 2.55 bits per heavy atom. The van der Waals surface area contributed by atoms with Crippen molar-refractivity contribution in [2.75, 3.05) is 6.54 Å². The summed E-state index contributed by atoms with van der Waals surface area (Å²) >= 11 is 0. The number of carbonyl (C=O) groups is 1. The van der Waals surface area contributed by atoms with Crippen molar-refractivity contribution in [1.82, 2.24) is 9.88 Å². The summed E-state index contributed by atoms with van der Waals surface area (Å²) in [6, 6.07) is 14.3. The molecule has 0 spiro atoms.